The number of rotatable bonds is 5. The average molecular weight is 389 g/mol. The highest BCUT2D eigenvalue weighted by molar-refractivity contribution is 6.32. The van der Waals surface area contributed by atoms with E-state index in [4.69, 9.17) is 16.7 Å². The SMILES string of the molecule is O=C(NC1CCC(C(=O)O)CC1)c1nc(C2CC2)n(-c2ccccc2Cl)n1. The fraction of sp³-hybridized carbons (Fsp3) is 0.474. The molecule has 2 fully saturated rings. The number of benzene rings is 1. The van der Waals surface area contributed by atoms with Crippen LogP contribution in [0.25, 0.3) is 5.69 Å². The normalized spacial score (nSPS) is 22.4. The quantitative estimate of drug-likeness (QED) is 0.819. The highest BCUT2D eigenvalue weighted by atomic mass is 35.5. The van der Waals surface area contributed by atoms with Crippen LogP contribution in [0, 0.1) is 5.92 Å². The Labute approximate surface area is 161 Å². The lowest BCUT2D eigenvalue weighted by Gasteiger charge is -2.26. The van der Waals surface area contributed by atoms with Gasteiger partial charge in [0, 0.05) is 12.0 Å². The van der Waals surface area contributed by atoms with Crippen LogP contribution >= 0.6 is 11.6 Å². The molecule has 2 saturated carbocycles. The van der Waals surface area contributed by atoms with E-state index in [9.17, 15) is 9.59 Å². The summed E-state index contributed by atoms with van der Waals surface area (Å²) in [6.07, 6.45) is 4.53. The zero-order valence-electron chi connectivity index (χ0n) is 14.8. The summed E-state index contributed by atoms with van der Waals surface area (Å²) in [6, 6.07) is 7.33. The van der Waals surface area contributed by atoms with Crippen LogP contribution in [-0.4, -0.2) is 37.8 Å². The summed E-state index contributed by atoms with van der Waals surface area (Å²) in [5.41, 5.74) is 0.717. The lowest BCUT2D eigenvalue weighted by atomic mass is 9.86. The van der Waals surface area contributed by atoms with Crippen molar-refractivity contribution in [3.8, 4) is 5.69 Å². The second-order valence-electron chi connectivity index (χ2n) is 7.29. The fourth-order valence-electron chi connectivity index (χ4n) is 3.56. The standard InChI is InChI=1S/C19H21ClN4O3/c20-14-3-1-2-4-15(14)24-17(11-5-6-11)22-16(23-24)18(25)21-13-9-7-12(8-10-13)19(26)27/h1-4,11-13H,5-10H2,(H,21,25)(H,26,27). The molecule has 7 nitrogen and oxygen atoms in total. The predicted molar refractivity (Wildman–Crippen MR) is 99.2 cm³/mol. The zero-order valence-corrected chi connectivity index (χ0v) is 15.5. The van der Waals surface area contributed by atoms with Crippen LogP contribution in [0.4, 0.5) is 0 Å². The van der Waals surface area contributed by atoms with Gasteiger partial charge >= 0.3 is 5.97 Å². The molecule has 1 amide bonds. The molecule has 2 aromatic rings. The van der Waals surface area contributed by atoms with Gasteiger partial charge in [-0.3, -0.25) is 9.59 Å². The molecule has 0 spiro atoms. The van der Waals surface area contributed by atoms with Crippen LogP contribution in [0.1, 0.15) is 60.9 Å². The number of carboxylic acid groups (broad SMARTS) is 1. The summed E-state index contributed by atoms with van der Waals surface area (Å²) < 4.78 is 1.68. The molecule has 27 heavy (non-hydrogen) atoms. The first-order chi connectivity index (χ1) is 13.0. The molecule has 2 N–H and O–H groups in total. The number of halogens is 1. The highest BCUT2D eigenvalue weighted by Crippen LogP contribution is 2.40. The van der Waals surface area contributed by atoms with Gasteiger partial charge in [0.1, 0.15) is 5.82 Å². The number of nitrogens with zero attached hydrogens (tertiary/aromatic N) is 3. The van der Waals surface area contributed by atoms with Crippen LogP contribution in [0.5, 0.6) is 0 Å². The minimum atomic E-state index is -0.756. The van der Waals surface area contributed by atoms with Gasteiger partial charge in [-0.15, -0.1) is 5.10 Å². The van der Waals surface area contributed by atoms with Crippen molar-refractivity contribution in [1.29, 1.82) is 0 Å². The molecule has 4 rings (SSSR count). The summed E-state index contributed by atoms with van der Waals surface area (Å²) in [5, 5.41) is 17.0. The summed E-state index contributed by atoms with van der Waals surface area (Å²) >= 11 is 6.30. The van der Waals surface area contributed by atoms with Crippen molar-refractivity contribution >= 4 is 23.5 Å². The third-order valence-corrected chi connectivity index (χ3v) is 5.59. The summed E-state index contributed by atoms with van der Waals surface area (Å²) in [4.78, 5) is 28.2. The Morgan fingerprint density at radius 3 is 2.44 bits per heavy atom. The van der Waals surface area contributed by atoms with E-state index in [2.05, 4.69) is 15.4 Å². The predicted octanol–water partition coefficient (Wildman–Crippen LogP) is 3.17. The first kappa shape index (κ1) is 18.0. The van der Waals surface area contributed by atoms with E-state index in [-0.39, 0.29) is 23.7 Å². The van der Waals surface area contributed by atoms with E-state index >= 15 is 0 Å². The minimum Gasteiger partial charge on any atom is -0.481 e. The van der Waals surface area contributed by atoms with Crippen molar-refractivity contribution in [2.75, 3.05) is 0 Å². The Balaban J connectivity index is 1.51. The molecule has 0 radical (unpaired) electrons. The van der Waals surface area contributed by atoms with Crippen molar-refractivity contribution < 1.29 is 14.7 Å². The number of aliphatic carboxylic acids is 1. The number of hydrogen-bond acceptors (Lipinski definition) is 4. The van der Waals surface area contributed by atoms with E-state index < -0.39 is 5.97 Å². The molecule has 8 heteroatoms. The first-order valence-corrected chi connectivity index (χ1v) is 9.66. The molecule has 142 valence electrons. The monoisotopic (exact) mass is 388 g/mol. The molecule has 1 aromatic carbocycles. The molecular weight excluding hydrogens is 368 g/mol. The van der Waals surface area contributed by atoms with E-state index in [0.29, 0.717) is 36.6 Å². The molecule has 0 aliphatic heterocycles. The van der Waals surface area contributed by atoms with Gasteiger partial charge in [0.05, 0.1) is 16.6 Å². The van der Waals surface area contributed by atoms with Gasteiger partial charge in [-0.25, -0.2) is 9.67 Å². The number of hydrogen-bond donors (Lipinski definition) is 2. The largest absolute Gasteiger partial charge is 0.481 e. The maximum atomic E-state index is 12.7. The van der Waals surface area contributed by atoms with Gasteiger partial charge in [0.2, 0.25) is 5.82 Å². The third kappa shape index (κ3) is 3.83. The van der Waals surface area contributed by atoms with Crippen LogP contribution in [0.3, 0.4) is 0 Å². The second-order valence-corrected chi connectivity index (χ2v) is 7.70. The highest BCUT2D eigenvalue weighted by Gasteiger charge is 2.33. The number of para-hydroxylation sites is 1. The maximum Gasteiger partial charge on any atom is 0.306 e. The topological polar surface area (TPSA) is 97.1 Å². The van der Waals surface area contributed by atoms with Crippen molar-refractivity contribution in [3.05, 3.63) is 40.9 Å². The Bertz CT molecular complexity index is 870. The number of carboxylic acids is 1. The van der Waals surface area contributed by atoms with E-state index in [1.165, 1.54) is 0 Å². The lowest BCUT2D eigenvalue weighted by Crippen LogP contribution is -2.39. The van der Waals surface area contributed by atoms with Crippen LogP contribution < -0.4 is 5.32 Å². The smallest absolute Gasteiger partial charge is 0.306 e. The van der Waals surface area contributed by atoms with Crippen molar-refractivity contribution in [3.63, 3.8) is 0 Å². The fourth-order valence-corrected chi connectivity index (χ4v) is 3.78. The van der Waals surface area contributed by atoms with E-state index in [1.54, 1.807) is 10.7 Å². The Hall–Kier alpha value is -2.41. The van der Waals surface area contributed by atoms with Gasteiger partial charge in [-0.2, -0.15) is 0 Å². The number of amides is 1. The number of nitrogens with one attached hydrogen (secondary N) is 1. The van der Waals surface area contributed by atoms with Crippen molar-refractivity contribution in [2.24, 2.45) is 5.92 Å². The van der Waals surface area contributed by atoms with Gasteiger partial charge in [-0.05, 0) is 50.7 Å². The van der Waals surface area contributed by atoms with E-state index in [1.807, 2.05) is 18.2 Å². The molecule has 2 aliphatic carbocycles. The molecule has 0 bridgehead atoms. The van der Waals surface area contributed by atoms with Gasteiger partial charge < -0.3 is 10.4 Å². The van der Waals surface area contributed by atoms with Crippen LogP contribution in [-0.2, 0) is 4.79 Å². The van der Waals surface area contributed by atoms with Gasteiger partial charge in [0.25, 0.3) is 5.91 Å². The number of carbonyl (C=O) groups is 2. The molecule has 0 saturated heterocycles. The molecular formula is C19H21ClN4O3. The van der Waals surface area contributed by atoms with Crippen LogP contribution in [0.2, 0.25) is 5.02 Å². The number of carbonyl (C=O) groups excluding carboxylic acids is 1. The summed E-state index contributed by atoms with van der Waals surface area (Å²) in [5.74, 6) is -0.172. The number of aromatic nitrogens is 3. The van der Waals surface area contributed by atoms with Gasteiger partial charge in [-0.1, -0.05) is 23.7 Å². The Kier molecular flexibility index (Phi) is 4.86. The molecule has 1 heterocycles. The van der Waals surface area contributed by atoms with Crippen LogP contribution in [0.15, 0.2) is 24.3 Å². The van der Waals surface area contributed by atoms with Crippen molar-refractivity contribution in [2.45, 2.75) is 50.5 Å². The molecule has 0 atom stereocenters. The van der Waals surface area contributed by atoms with Gasteiger partial charge in [0.15, 0.2) is 0 Å². The lowest BCUT2D eigenvalue weighted by molar-refractivity contribution is -0.142. The first-order valence-electron chi connectivity index (χ1n) is 9.28. The summed E-state index contributed by atoms with van der Waals surface area (Å²) in [6.45, 7) is 0. The average Bonchev–Trinajstić information content (AvgIpc) is 3.41. The minimum absolute atomic E-state index is 0.0373. The Morgan fingerprint density at radius 1 is 1.11 bits per heavy atom. The summed E-state index contributed by atoms with van der Waals surface area (Å²) in [7, 11) is 0. The second kappa shape index (κ2) is 7.31. The molecule has 1 aromatic heterocycles. The van der Waals surface area contributed by atoms with Crippen molar-refractivity contribution in [1.82, 2.24) is 20.1 Å². The zero-order chi connectivity index (χ0) is 19.0. The molecule has 0 unspecified atom stereocenters. The van der Waals surface area contributed by atoms with E-state index in [0.717, 1.165) is 24.4 Å². The maximum absolute atomic E-state index is 12.7. The third-order valence-electron chi connectivity index (χ3n) is 5.27. The Morgan fingerprint density at radius 2 is 1.81 bits per heavy atom. The molecule has 2 aliphatic rings.